The Labute approximate surface area is 78.5 Å². The van der Waals surface area contributed by atoms with Crippen molar-refractivity contribution in [1.82, 2.24) is 10.4 Å². The number of hydrazine groups is 1. The number of nitrogens with zero attached hydrogens (tertiary/aromatic N) is 1. The van der Waals surface area contributed by atoms with Gasteiger partial charge in [0.15, 0.2) is 0 Å². The molecule has 0 aromatic rings. The van der Waals surface area contributed by atoms with E-state index in [2.05, 4.69) is 12.0 Å². The lowest BCUT2D eigenvalue weighted by molar-refractivity contribution is -0.121. The molecule has 4 heteroatoms. The van der Waals surface area contributed by atoms with Crippen LogP contribution in [-0.4, -0.2) is 37.2 Å². The molecule has 1 heterocycles. The van der Waals surface area contributed by atoms with Crippen LogP contribution in [0, 0.1) is 0 Å². The van der Waals surface area contributed by atoms with Gasteiger partial charge in [-0.2, -0.15) is 0 Å². The summed E-state index contributed by atoms with van der Waals surface area (Å²) < 4.78 is 5.05. The number of hydrogen-bond acceptors (Lipinski definition) is 3. The highest BCUT2D eigenvalue weighted by atomic mass is 16.5. The van der Waals surface area contributed by atoms with Gasteiger partial charge in [0.25, 0.3) is 5.91 Å². The van der Waals surface area contributed by atoms with Gasteiger partial charge in [0.2, 0.25) is 0 Å². The Balaban J connectivity index is 2.38. The summed E-state index contributed by atoms with van der Waals surface area (Å²) >= 11 is 0. The van der Waals surface area contributed by atoms with Crippen molar-refractivity contribution >= 4 is 5.91 Å². The van der Waals surface area contributed by atoms with Gasteiger partial charge in [0.05, 0.1) is 12.6 Å². The van der Waals surface area contributed by atoms with Crippen LogP contribution in [0.25, 0.3) is 0 Å². The quantitative estimate of drug-likeness (QED) is 0.639. The van der Waals surface area contributed by atoms with E-state index in [4.69, 9.17) is 4.74 Å². The molecule has 1 saturated heterocycles. The van der Waals surface area contributed by atoms with E-state index in [0.717, 1.165) is 19.4 Å². The van der Waals surface area contributed by atoms with Crippen LogP contribution >= 0.6 is 0 Å². The summed E-state index contributed by atoms with van der Waals surface area (Å²) in [5.74, 6) is -0.150. The van der Waals surface area contributed by atoms with Crippen LogP contribution in [0.5, 0.6) is 0 Å². The van der Waals surface area contributed by atoms with E-state index < -0.39 is 0 Å². The number of ether oxygens (including phenoxy) is 1. The van der Waals surface area contributed by atoms with Crippen LogP contribution in [0.15, 0.2) is 12.7 Å². The lowest BCUT2D eigenvalue weighted by Gasteiger charge is -2.23. The molecule has 0 saturated carbocycles. The minimum Gasteiger partial charge on any atom is -0.383 e. The third-order valence-corrected chi connectivity index (χ3v) is 2.18. The molecule has 1 aliphatic rings. The molecule has 1 aliphatic heterocycles. The summed E-state index contributed by atoms with van der Waals surface area (Å²) in [4.78, 5) is 11.0. The zero-order valence-corrected chi connectivity index (χ0v) is 7.95. The molecule has 0 aromatic heterocycles. The van der Waals surface area contributed by atoms with E-state index in [0.29, 0.717) is 12.6 Å². The standard InChI is InChI=1S/C9H16N2O2/c1-3-9(12)10-11-6-4-5-8(11)7-13-2/h3,8H,1,4-7H2,2H3,(H,10,12). The fourth-order valence-corrected chi connectivity index (χ4v) is 1.54. The van der Waals surface area contributed by atoms with E-state index in [1.54, 1.807) is 7.11 Å². The van der Waals surface area contributed by atoms with Gasteiger partial charge >= 0.3 is 0 Å². The number of carbonyl (C=O) groups is 1. The Morgan fingerprint density at radius 2 is 2.62 bits per heavy atom. The van der Waals surface area contributed by atoms with Crippen LogP contribution in [0.3, 0.4) is 0 Å². The average molecular weight is 184 g/mol. The molecule has 74 valence electrons. The third-order valence-electron chi connectivity index (χ3n) is 2.18. The third kappa shape index (κ3) is 2.82. The summed E-state index contributed by atoms with van der Waals surface area (Å²) in [6.07, 6.45) is 3.46. The summed E-state index contributed by atoms with van der Waals surface area (Å²) in [6.45, 7) is 4.96. The molecule has 1 unspecified atom stereocenters. The normalized spacial score (nSPS) is 23.0. The minimum absolute atomic E-state index is 0.150. The fraction of sp³-hybridized carbons (Fsp3) is 0.667. The molecule has 1 rings (SSSR count). The lowest BCUT2D eigenvalue weighted by atomic mass is 10.2. The summed E-state index contributed by atoms with van der Waals surface area (Å²) in [7, 11) is 1.67. The Morgan fingerprint density at radius 3 is 3.23 bits per heavy atom. The van der Waals surface area contributed by atoms with Gasteiger partial charge < -0.3 is 4.74 Å². The molecule has 1 N–H and O–H groups in total. The Morgan fingerprint density at radius 1 is 1.85 bits per heavy atom. The topological polar surface area (TPSA) is 41.6 Å². The smallest absolute Gasteiger partial charge is 0.257 e. The summed E-state index contributed by atoms with van der Waals surface area (Å²) in [6, 6.07) is 0.314. The van der Waals surface area contributed by atoms with Gasteiger partial charge in [-0.3, -0.25) is 10.2 Å². The average Bonchev–Trinajstić information content (AvgIpc) is 2.54. The van der Waals surface area contributed by atoms with Gasteiger partial charge in [0, 0.05) is 13.7 Å². The molecule has 4 nitrogen and oxygen atoms in total. The molecule has 0 radical (unpaired) electrons. The SMILES string of the molecule is C=CC(=O)NN1CCCC1COC. The van der Waals surface area contributed by atoms with Crippen molar-refractivity contribution in [2.75, 3.05) is 20.3 Å². The zero-order chi connectivity index (χ0) is 9.68. The number of nitrogens with one attached hydrogen (secondary N) is 1. The second-order valence-electron chi connectivity index (χ2n) is 3.12. The van der Waals surface area contributed by atoms with Crippen LogP contribution in [0.2, 0.25) is 0 Å². The van der Waals surface area contributed by atoms with Crippen molar-refractivity contribution in [3.8, 4) is 0 Å². The largest absolute Gasteiger partial charge is 0.383 e. The van der Waals surface area contributed by atoms with Crippen molar-refractivity contribution in [1.29, 1.82) is 0 Å². The Bertz CT molecular complexity index is 194. The number of methoxy groups -OCH3 is 1. The van der Waals surface area contributed by atoms with Crippen LogP contribution in [0.4, 0.5) is 0 Å². The van der Waals surface area contributed by atoms with E-state index in [1.165, 1.54) is 6.08 Å². The van der Waals surface area contributed by atoms with Crippen LogP contribution in [-0.2, 0) is 9.53 Å². The van der Waals surface area contributed by atoms with Crippen LogP contribution < -0.4 is 5.43 Å². The molecule has 0 spiro atoms. The number of rotatable bonds is 4. The van der Waals surface area contributed by atoms with Gasteiger partial charge in [-0.15, -0.1) is 0 Å². The fourth-order valence-electron chi connectivity index (χ4n) is 1.54. The molecular weight excluding hydrogens is 168 g/mol. The maximum absolute atomic E-state index is 11.0. The van der Waals surface area contributed by atoms with Gasteiger partial charge in [0.1, 0.15) is 0 Å². The molecule has 0 aliphatic carbocycles. The first-order chi connectivity index (χ1) is 6.27. The predicted molar refractivity (Wildman–Crippen MR) is 49.9 cm³/mol. The second kappa shape index (κ2) is 4.99. The zero-order valence-electron chi connectivity index (χ0n) is 7.95. The van der Waals surface area contributed by atoms with E-state index in [1.807, 2.05) is 5.01 Å². The number of hydrogen-bond donors (Lipinski definition) is 1. The van der Waals surface area contributed by atoms with Crippen LogP contribution in [0.1, 0.15) is 12.8 Å². The van der Waals surface area contributed by atoms with Crippen molar-refractivity contribution in [2.24, 2.45) is 0 Å². The highest BCUT2D eigenvalue weighted by Crippen LogP contribution is 2.14. The van der Waals surface area contributed by atoms with Gasteiger partial charge in [-0.1, -0.05) is 6.58 Å². The molecular formula is C9H16N2O2. The van der Waals surface area contributed by atoms with E-state index in [9.17, 15) is 4.79 Å². The maximum Gasteiger partial charge on any atom is 0.257 e. The highest BCUT2D eigenvalue weighted by Gasteiger charge is 2.24. The summed E-state index contributed by atoms with van der Waals surface area (Å²) in [5, 5.41) is 1.92. The Hall–Kier alpha value is -0.870. The van der Waals surface area contributed by atoms with Crippen molar-refractivity contribution in [3.63, 3.8) is 0 Å². The first-order valence-corrected chi connectivity index (χ1v) is 4.46. The number of carbonyl (C=O) groups excluding carboxylic acids is 1. The molecule has 13 heavy (non-hydrogen) atoms. The molecule has 0 bridgehead atoms. The molecule has 0 aromatic carbocycles. The van der Waals surface area contributed by atoms with Crippen molar-refractivity contribution in [3.05, 3.63) is 12.7 Å². The first-order valence-electron chi connectivity index (χ1n) is 4.46. The lowest BCUT2D eigenvalue weighted by Crippen LogP contribution is -2.46. The maximum atomic E-state index is 11.0. The van der Waals surface area contributed by atoms with Crippen molar-refractivity contribution < 1.29 is 9.53 Å². The second-order valence-corrected chi connectivity index (χ2v) is 3.12. The van der Waals surface area contributed by atoms with E-state index >= 15 is 0 Å². The minimum atomic E-state index is -0.150. The monoisotopic (exact) mass is 184 g/mol. The van der Waals surface area contributed by atoms with Gasteiger partial charge in [-0.25, -0.2) is 5.01 Å². The van der Waals surface area contributed by atoms with Gasteiger partial charge in [-0.05, 0) is 18.9 Å². The Kier molecular flexibility index (Phi) is 3.92. The van der Waals surface area contributed by atoms with Crippen molar-refractivity contribution in [2.45, 2.75) is 18.9 Å². The highest BCUT2D eigenvalue weighted by molar-refractivity contribution is 5.86. The first kappa shape index (κ1) is 10.2. The number of amides is 1. The molecule has 1 amide bonds. The molecule has 1 atom stereocenters. The molecule has 1 fully saturated rings. The predicted octanol–water partition coefficient (Wildman–Crippen LogP) is 0.314. The van der Waals surface area contributed by atoms with E-state index in [-0.39, 0.29) is 5.91 Å². The summed E-state index contributed by atoms with van der Waals surface area (Å²) in [5.41, 5.74) is 2.76.